The average molecular weight is 242 g/mol. The van der Waals surface area contributed by atoms with Gasteiger partial charge in [-0.1, -0.05) is 0 Å². The molecule has 0 aliphatic carbocycles. The molecular formula is C9H7KN4O2. The number of carboxylic acid groups (broad SMARTS) is 1. The summed E-state index contributed by atoms with van der Waals surface area (Å²) in [5.74, 6) is -1.28. The second-order valence-electron chi connectivity index (χ2n) is 2.97. The van der Waals surface area contributed by atoms with Crippen LogP contribution in [-0.2, 0) is 0 Å². The van der Waals surface area contributed by atoms with E-state index in [1.807, 2.05) is 0 Å². The third-order valence-electron chi connectivity index (χ3n) is 1.83. The molecule has 0 unspecified atom stereocenters. The molecule has 0 aliphatic rings. The van der Waals surface area contributed by atoms with Crippen LogP contribution in [0.15, 0.2) is 24.8 Å². The molecule has 2 aromatic heterocycles. The van der Waals surface area contributed by atoms with Crippen molar-refractivity contribution in [2.24, 2.45) is 0 Å². The number of rotatable bonds is 2. The molecule has 0 radical (unpaired) electrons. The van der Waals surface area contributed by atoms with Crippen molar-refractivity contribution >= 4 is 5.97 Å². The Hall–Kier alpha value is -0.604. The molecule has 0 amide bonds. The zero-order valence-corrected chi connectivity index (χ0v) is 12.0. The van der Waals surface area contributed by atoms with Crippen molar-refractivity contribution in [2.75, 3.05) is 0 Å². The van der Waals surface area contributed by atoms with Crippen LogP contribution in [-0.4, -0.2) is 25.7 Å². The normalized spacial score (nSPS) is 9.56. The van der Waals surface area contributed by atoms with Gasteiger partial charge >= 0.3 is 51.4 Å². The predicted molar refractivity (Wildman–Crippen MR) is 48.2 cm³/mol. The van der Waals surface area contributed by atoms with E-state index < -0.39 is 5.97 Å². The fourth-order valence-corrected chi connectivity index (χ4v) is 1.24. The van der Waals surface area contributed by atoms with Gasteiger partial charge in [-0.05, 0) is 13.0 Å². The fraction of sp³-hybridized carbons (Fsp3) is 0.111. The molecule has 0 bridgehead atoms. The third kappa shape index (κ3) is 2.74. The zero-order valence-electron chi connectivity index (χ0n) is 8.91. The Labute approximate surface area is 134 Å². The van der Waals surface area contributed by atoms with Crippen molar-refractivity contribution in [3.8, 4) is 5.69 Å². The van der Waals surface area contributed by atoms with Gasteiger partial charge in [0.25, 0.3) is 0 Å². The van der Waals surface area contributed by atoms with Crippen LogP contribution in [0.2, 0.25) is 0 Å². The Balaban J connectivity index is 0.00000128. The van der Waals surface area contributed by atoms with Gasteiger partial charge in [-0.3, -0.25) is 0 Å². The van der Waals surface area contributed by atoms with Crippen LogP contribution in [0.3, 0.4) is 0 Å². The van der Waals surface area contributed by atoms with Crippen LogP contribution in [0.1, 0.15) is 16.2 Å². The predicted octanol–water partition coefficient (Wildman–Crippen LogP) is -3.66. The average Bonchev–Trinajstić information content (AvgIpc) is 2.62. The van der Waals surface area contributed by atoms with Crippen molar-refractivity contribution in [3.63, 3.8) is 0 Å². The summed E-state index contributed by atoms with van der Waals surface area (Å²) >= 11 is 0. The maximum absolute atomic E-state index is 10.8. The summed E-state index contributed by atoms with van der Waals surface area (Å²) in [7, 11) is 0. The number of carbonyl (C=O) groups excluding carboxylic acids is 1. The van der Waals surface area contributed by atoms with Gasteiger partial charge in [0, 0.05) is 0 Å². The molecule has 0 aromatic carbocycles. The maximum atomic E-state index is 10.8. The summed E-state index contributed by atoms with van der Waals surface area (Å²) < 4.78 is 1.24. The molecule has 76 valence electrons. The number of aromatic nitrogens is 4. The van der Waals surface area contributed by atoms with E-state index in [9.17, 15) is 9.90 Å². The van der Waals surface area contributed by atoms with Gasteiger partial charge in [0.15, 0.2) is 0 Å². The second kappa shape index (κ2) is 5.64. The first-order valence-electron chi connectivity index (χ1n) is 4.22. The zero-order chi connectivity index (χ0) is 10.8. The van der Waals surface area contributed by atoms with Crippen LogP contribution in [0.4, 0.5) is 0 Å². The molecule has 0 saturated carbocycles. The van der Waals surface area contributed by atoms with Gasteiger partial charge in [0.1, 0.15) is 12.0 Å². The van der Waals surface area contributed by atoms with E-state index in [1.54, 1.807) is 6.92 Å². The van der Waals surface area contributed by atoms with Gasteiger partial charge < -0.3 is 9.90 Å². The smallest absolute Gasteiger partial charge is 0.543 e. The summed E-state index contributed by atoms with van der Waals surface area (Å²) in [6.07, 6.45) is 4.32. The Morgan fingerprint density at radius 3 is 2.56 bits per heavy atom. The van der Waals surface area contributed by atoms with Gasteiger partial charge in [0.2, 0.25) is 0 Å². The third-order valence-corrected chi connectivity index (χ3v) is 1.83. The van der Waals surface area contributed by atoms with Crippen LogP contribution in [0.5, 0.6) is 0 Å². The van der Waals surface area contributed by atoms with E-state index in [0.717, 1.165) is 0 Å². The van der Waals surface area contributed by atoms with Gasteiger partial charge in [-0.2, -0.15) is 5.10 Å². The summed E-state index contributed by atoms with van der Waals surface area (Å²) in [6.45, 7) is 1.70. The van der Waals surface area contributed by atoms with E-state index in [1.165, 1.54) is 29.5 Å². The van der Waals surface area contributed by atoms with E-state index in [0.29, 0.717) is 11.4 Å². The topological polar surface area (TPSA) is 83.7 Å². The summed E-state index contributed by atoms with van der Waals surface area (Å²) in [5.41, 5.74) is 1.07. The fourth-order valence-electron chi connectivity index (χ4n) is 1.24. The molecular weight excluding hydrogens is 235 g/mol. The Morgan fingerprint density at radius 2 is 2.00 bits per heavy atom. The molecule has 16 heavy (non-hydrogen) atoms. The minimum Gasteiger partial charge on any atom is -0.543 e. The Bertz CT molecular complexity index is 497. The first kappa shape index (κ1) is 13.5. The van der Waals surface area contributed by atoms with Crippen LogP contribution in [0, 0.1) is 6.92 Å². The molecule has 6 nitrogen and oxygen atoms in total. The van der Waals surface area contributed by atoms with E-state index in [2.05, 4.69) is 15.1 Å². The first-order valence-corrected chi connectivity index (χ1v) is 4.22. The van der Waals surface area contributed by atoms with Gasteiger partial charge in [-0.15, -0.1) is 0 Å². The van der Waals surface area contributed by atoms with Crippen molar-refractivity contribution in [1.29, 1.82) is 0 Å². The van der Waals surface area contributed by atoms with Crippen molar-refractivity contribution in [1.82, 2.24) is 19.7 Å². The Morgan fingerprint density at radius 1 is 1.38 bits per heavy atom. The molecule has 2 aromatic rings. The molecule has 2 heterocycles. The Kier molecular flexibility index (Phi) is 4.75. The van der Waals surface area contributed by atoms with E-state index in [-0.39, 0.29) is 57.1 Å². The molecule has 0 fully saturated rings. The summed E-state index contributed by atoms with van der Waals surface area (Å²) in [5, 5.41) is 14.8. The summed E-state index contributed by atoms with van der Waals surface area (Å²) in [4.78, 5) is 18.4. The molecule has 2 rings (SSSR count). The van der Waals surface area contributed by atoms with E-state index in [4.69, 9.17) is 0 Å². The van der Waals surface area contributed by atoms with Crippen LogP contribution in [0.25, 0.3) is 5.69 Å². The first-order chi connectivity index (χ1) is 7.18. The molecule has 0 saturated heterocycles. The van der Waals surface area contributed by atoms with Gasteiger partial charge in [0.05, 0.1) is 29.8 Å². The number of aromatic carboxylic acids is 1. The quantitative estimate of drug-likeness (QED) is 0.507. The molecule has 0 aliphatic heterocycles. The molecule has 7 heteroatoms. The van der Waals surface area contributed by atoms with Crippen LogP contribution < -0.4 is 56.5 Å². The van der Waals surface area contributed by atoms with Crippen molar-refractivity contribution in [3.05, 3.63) is 36.2 Å². The summed E-state index contributed by atoms with van der Waals surface area (Å²) in [6, 6.07) is 1.43. The number of carboxylic acids is 1. The number of hydrogen-bond donors (Lipinski definition) is 0. The number of carbonyl (C=O) groups is 1. The molecule has 0 N–H and O–H groups in total. The minimum atomic E-state index is -1.28. The standard InChI is InChI=1S/C9H8N4O2.K/c1-6-2-8(9(14)15)13(12-6)7-3-10-5-11-4-7;/h2-5H,1H3,(H,14,15);/q;+1/p-1. The molecule has 0 spiro atoms. The monoisotopic (exact) mass is 242 g/mol. The largest absolute Gasteiger partial charge is 1.00 e. The number of nitrogens with zero attached hydrogens (tertiary/aromatic N) is 4. The van der Waals surface area contributed by atoms with Gasteiger partial charge in [-0.25, -0.2) is 14.6 Å². The van der Waals surface area contributed by atoms with Crippen molar-refractivity contribution in [2.45, 2.75) is 6.92 Å². The SMILES string of the molecule is Cc1cc(C(=O)[O-])n(-c2cncnc2)n1.[K+]. The molecule has 0 atom stereocenters. The number of hydrogen-bond acceptors (Lipinski definition) is 5. The second-order valence-corrected chi connectivity index (χ2v) is 2.97. The maximum Gasteiger partial charge on any atom is 1.00 e. The number of aryl methyl sites for hydroxylation is 1. The van der Waals surface area contributed by atoms with Crippen LogP contribution >= 0.6 is 0 Å². The minimum absolute atomic E-state index is 0. The van der Waals surface area contributed by atoms with E-state index >= 15 is 0 Å². The van der Waals surface area contributed by atoms with Crippen molar-refractivity contribution < 1.29 is 61.3 Å².